The third-order valence-electron chi connectivity index (χ3n) is 2.45. The monoisotopic (exact) mass is 338 g/mol. The zero-order valence-electron chi connectivity index (χ0n) is 12.3. The van der Waals surface area contributed by atoms with E-state index in [1.165, 1.54) is 0 Å². The predicted molar refractivity (Wildman–Crippen MR) is 76.8 cm³/mol. The van der Waals surface area contributed by atoms with Crippen LogP contribution in [0.3, 0.4) is 0 Å². The van der Waals surface area contributed by atoms with Crippen molar-refractivity contribution < 1.29 is 22.2 Å². The second-order valence-corrected chi connectivity index (χ2v) is 7.67. The predicted octanol–water partition coefficient (Wildman–Crippen LogP) is 2.16. The molecule has 10 heteroatoms. The Hall–Kier alpha value is -1.71. The number of nitrogens with zero attached hydrogens (tertiary/aromatic N) is 2. The highest BCUT2D eigenvalue weighted by Gasteiger charge is 2.32. The summed E-state index contributed by atoms with van der Waals surface area (Å²) in [7, 11) is -1.11. The molecular weight excluding hydrogens is 321 g/mol. The third-order valence-corrected chi connectivity index (χ3v) is 4.39. The molecule has 0 aliphatic carbocycles. The molecule has 1 aromatic heterocycles. The Labute approximate surface area is 128 Å². The van der Waals surface area contributed by atoms with Gasteiger partial charge in [0, 0.05) is 27.8 Å². The van der Waals surface area contributed by atoms with Crippen LogP contribution < -0.4 is 10.6 Å². The van der Waals surface area contributed by atoms with Gasteiger partial charge in [0.15, 0.2) is 11.5 Å². The van der Waals surface area contributed by atoms with Gasteiger partial charge in [-0.15, -0.1) is 10.2 Å². The number of rotatable bonds is 4. The fourth-order valence-electron chi connectivity index (χ4n) is 1.27. The number of urea groups is 1. The molecule has 0 saturated carbocycles. The van der Waals surface area contributed by atoms with Crippen molar-refractivity contribution in [2.24, 2.45) is 0 Å². The number of nitrogens with one attached hydrogen (secondary N) is 2. The number of amides is 2. The van der Waals surface area contributed by atoms with E-state index < -0.39 is 28.7 Å². The van der Waals surface area contributed by atoms with Crippen molar-refractivity contribution in [3.05, 3.63) is 17.8 Å². The number of carbonyl (C=O) groups excluding carboxylic acids is 1. The zero-order chi connectivity index (χ0) is 17.0. The lowest BCUT2D eigenvalue weighted by molar-refractivity contribution is -0.141. The van der Waals surface area contributed by atoms with Crippen LogP contribution in [0.1, 0.15) is 26.5 Å². The average Bonchev–Trinajstić information content (AvgIpc) is 2.37. The molecule has 0 spiro atoms. The standard InChI is InChI=1S/C12H17F3N4O2S/c1-11(2,3)22(21)7-6-16-10(20)17-9-5-4-8(18-19-9)12(13,14)15/h4-5H,6-7H2,1-3H3,(H2,16,17,19,20)/t22-/m1/s1. The molecule has 0 bridgehead atoms. The summed E-state index contributed by atoms with van der Waals surface area (Å²) in [5.74, 6) is 0.165. The first-order chi connectivity index (χ1) is 10.00. The van der Waals surface area contributed by atoms with Crippen LogP contribution in [0.2, 0.25) is 0 Å². The number of halogens is 3. The highest BCUT2D eigenvalue weighted by atomic mass is 32.2. The maximum Gasteiger partial charge on any atom is 0.435 e. The first kappa shape index (κ1) is 18.3. The normalized spacial score (nSPS) is 13.5. The molecule has 1 rings (SSSR count). The number of anilines is 1. The van der Waals surface area contributed by atoms with Gasteiger partial charge in [-0.3, -0.25) is 9.53 Å². The van der Waals surface area contributed by atoms with Crippen LogP contribution in [-0.4, -0.2) is 37.5 Å². The summed E-state index contributed by atoms with van der Waals surface area (Å²) in [5, 5.41) is 10.9. The Morgan fingerprint density at radius 2 is 1.86 bits per heavy atom. The summed E-state index contributed by atoms with van der Waals surface area (Å²) < 4.78 is 48.2. The number of alkyl halides is 3. The Bertz CT molecular complexity index is 541. The van der Waals surface area contributed by atoms with Crippen molar-refractivity contribution in [1.82, 2.24) is 15.5 Å². The minimum atomic E-state index is -4.58. The molecule has 0 aliphatic heterocycles. The molecule has 0 unspecified atom stereocenters. The van der Waals surface area contributed by atoms with E-state index in [0.29, 0.717) is 0 Å². The molecule has 1 aromatic rings. The van der Waals surface area contributed by atoms with Crippen molar-refractivity contribution in [2.75, 3.05) is 17.6 Å². The fourth-order valence-corrected chi connectivity index (χ4v) is 2.17. The molecule has 2 N–H and O–H groups in total. The van der Waals surface area contributed by atoms with Gasteiger partial charge in [-0.25, -0.2) is 4.79 Å². The second-order valence-electron chi connectivity index (χ2n) is 5.34. The molecular formula is C12H17F3N4O2S. The van der Waals surface area contributed by atoms with E-state index in [1.54, 1.807) is 0 Å². The smallest absolute Gasteiger partial charge is 0.337 e. The SMILES string of the molecule is CC(C)(C)[S@](=O)CCNC(=O)Nc1ccc(C(F)(F)F)nn1. The quantitative estimate of drug-likeness (QED) is 0.881. The molecule has 1 atom stereocenters. The summed E-state index contributed by atoms with van der Waals surface area (Å²) >= 11 is 0. The van der Waals surface area contributed by atoms with Gasteiger partial charge in [-0.1, -0.05) is 0 Å². The summed E-state index contributed by atoms with van der Waals surface area (Å²) in [6, 6.07) is 1.07. The average molecular weight is 338 g/mol. The minimum Gasteiger partial charge on any atom is -0.337 e. The molecule has 0 fully saturated rings. The van der Waals surface area contributed by atoms with E-state index in [2.05, 4.69) is 20.8 Å². The van der Waals surface area contributed by atoms with E-state index in [1.807, 2.05) is 20.8 Å². The largest absolute Gasteiger partial charge is 0.435 e. The van der Waals surface area contributed by atoms with Gasteiger partial charge in [-0.2, -0.15) is 13.2 Å². The third kappa shape index (κ3) is 5.96. The maximum atomic E-state index is 12.3. The summed E-state index contributed by atoms with van der Waals surface area (Å²) in [6.45, 7) is 5.63. The van der Waals surface area contributed by atoms with Crippen molar-refractivity contribution in [3.63, 3.8) is 0 Å². The molecule has 2 amide bonds. The van der Waals surface area contributed by atoms with Gasteiger partial charge in [0.1, 0.15) is 0 Å². The van der Waals surface area contributed by atoms with Gasteiger partial charge >= 0.3 is 12.2 Å². The fraction of sp³-hybridized carbons (Fsp3) is 0.583. The Balaban J connectivity index is 2.44. The molecule has 0 saturated heterocycles. The van der Waals surface area contributed by atoms with Gasteiger partial charge in [0.25, 0.3) is 0 Å². The lowest BCUT2D eigenvalue weighted by Crippen LogP contribution is -2.35. The number of hydrogen-bond acceptors (Lipinski definition) is 4. The summed E-state index contributed by atoms with van der Waals surface area (Å²) in [4.78, 5) is 11.5. The van der Waals surface area contributed by atoms with Crippen LogP contribution in [0.25, 0.3) is 0 Å². The number of carbonyl (C=O) groups is 1. The molecule has 0 aliphatic rings. The van der Waals surface area contributed by atoms with Crippen molar-refractivity contribution >= 4 is 22.6 Å². The highest BCUT2D eigenvalue weighted by Crippen LogP contribution is 2.26. The number of aromatic nitrogens is 2. The van der Waals surface area contributed by atoms with Gasteiger partial charge in [-0.05, 0) is 32.9 Å². The van der Waals surface area contributed by atoms with Crippen molar-refractivity contribution in [2.45, 2.75) is 31.7 Å². The summed E-state index contributed by atoms with van der Waals surface area (Å²) in [5.41, 5.74) is -1.14. The molecule has 124 valence electrons. The van der Waals surface area contributed by atoms with E-state index >= 15 is 0 Å². The molecule has 0 radical (unpaired) electrons. The lowest BCUT2D eigenvalue weighted by atomic mass is 10.3. The van der Waals surface area contributed by atoms with Crippen LogP contribution in [-0.2, 0) is 17.0 Å². The van der Waals surface area contributed by atoms with E-state index in [9.17, 15) is 22.2 Å². The van der Waals surface area contributed by atoms with Gasteiger partial charge in [0.05, 0.1) is 0 Å². The van der Waals surface area contributed by atoms with Crippen LogP contribution >= 0.6 is 0 Å². The maximum absolute atomic E-state index is 12.3. The van der Waals surface area contributed by atoms with Crippen molar-refractivity contribution in [1.29, 1.82) is 0 Å². The highest BCUT2D eigenvalue weighted by molar-refractivity contribution is 7.86. The first-order valence-electron chi connectivity index (χ1n) is 6.34. The topological polar surface area (TPSA) is 84.0 Å². The molecule has 22 heavy (non-hydrogen) atoms. The Kier molecular flexibility index (Phi) is 5.86. The Morgan fingerprint density at radius 3 is 2.32 bits per heavy atom. The lowest BCUT2D eigenvalue weighted by Gasteiger charge is -2.17. The number of hydrogen-bond donors (Lipinski definition) is 2. The van der Waals surface area contributed by atoms with Crippen molar-refractivity contribution in [3.8, 4) is 0 Å². The van der Waals surface area contributed by atoms with E-state index in [-0.39, 0.29) is 22.9 Å². The molecule has 1 heterocycles. The minimum absolute atomic E-state index is 0.109. The van der Waals surface area contributed by atoms with E-state index in [0.717, 1.165) is 12.1 Å². The zero-order valence-corrected chi connectivity index (χ0v) is 13.1. The van der Waals surface area contributed by atoms with E-state index in [4.69, 9.17) is 0 Å². The first-order valence-corrected chi connectivity index (χ1v) is 7.66. The summed E-state index contributed by atoms with van der Waals surface area (Å²) in [6.07, 6.45) is -4.58. The van der Waals surface area contributed by atoms with Gasteiger partial charge in [0.2, 0.25) is 0 Å². The van der Waals surface area contributed by atoms with Gasteiger partial charge < -0.3 is 5.32 Å². The Morgan fingerprint density at radius 1 is 1.23 bits per heavy atom. The molecule has 0 aromatic carbocycles. The molecule has 6 nitrogen and oxygen atoms in total. The van der Waals surface area contributed by atoms with Crippen LogP contribution in [0.4, 0.5) is 23.8 Å². The van der Waals surface area contributed by atoms with Crippen LogP contribution in [0.5, 0.6) is 0 Å². The van der Waals surface area contributed by atoms with Crippen LogP contribution in [0, 0.1) is 0 Å². The second kappa shape index (κ2) is 7.03. The van der Waals surface area contributed by atoms with Crippen LogP contribution in [0.15, 0.2) is 12.1 Å².